The molecule has 2 N–H and O–H groups in total. The maximum Gasteiger partial charge on any atom is 0.248 e. The summed E-state index contributed by atoms with van der Waals surface area (Å²) < 4.78 is 11.4. The highest BCUT2D eigenvalue weighted by atomic mass is 16.5. The van der Waals surface area contributed by atoms with E-state index in [0.29, 0.717) is 12.2 Å². The van der Waals surface area contributed by atoms with Crippen molar-refractivity contribution in [2.75, 3.05) is 25.1 Å². The van der Waals surface area contributed by atoms with Crippen LogP contribution < -0.4 is 15.4 Å². The van der Waals surface area contributed by atoms with E-state index in [2.05, 4.69) is 20.9 Å². The summed E-state index contributed by atoms with van der Waals surface area (Å²) in [5.74, 6) is 1.36. The Bertz CT molecular complexity index is 1310. The first-order chi connectivity index (χ1) is 17.1. The molecule has 3 aromatic carbocycles. The van der Waals surface area contributed by atoms with Crippen LogP contribution in [0.2, 0.25) is 0 Å². The molecule has 0 radical (unpaired) electrons. The number of anilines is 1. The van der Waals surface area contributed by atoms with Gasteiger partial charge in [-0.15, -0.1) is 0 Å². The van der Waals surface area contributed by atoms with E-state index in [1.165, 1.54) is 0 Å². The summed E-state index contributed by atoms with van der Waals surface area (Å²) in [6.07, 6.45) is 3.73. The number of amides is 1. The lowest BCUT2D eigenvalue weighted by atomic mass is 10.00. The van der Waals surface area contributed by atoms with Gasteiger partial charge >= 0.3 is 0 Å². The molecule has 1 fully saturated rings. The number of benzene rings is 3. The number of nitrogens with zero attached hydrogens (tertiary/aromatic N) is 3. The second-order valence-electron chi connectivity index (χ2n) is 8.69. The Balaban J connectivity index is 1.29. The molecule has 1 amide bonds. The van der Waals surface area contributed by atoms with Gasteiger partial charge in [0.2, 0.25) is 5.91 Å². The molecule has 35 heavy (non-hydrogen) atoms. The van der Waals surface area contributed by atoms with Crippen molar-refractivity contribution in [1.29, 1.82) is 0 Å². The van der Waals surface area contributed by atoms with Gasteiger partial charge in [-0.2, -0.15) is 0 Å². The molecule has 1 aliphatic heterocycles. The molecule has 1 aromatic heterocycles. The molecule has 1 aliphatic rings. The number of piperidine rings is 1. The largest absolute Gasteiger partial charge is 0.497 e. The molecule has 0 saturated carbocycles. The van der Waals surface area contributed by atoms with Crippen LogP contribution in [-0.4, -0.2) is 42.2 Å². The van der Waals surface area contributed by atoms with E-state index in [1.54, 1.807) is 25.6 Å². The minimum atomic E-state index is -0.435. The number of fused-ring (bicyclic) bond motifs is 1. The summed E-state index contributed by atoms with van der Waals surface area (Å²) >= 11 is 0. The lowest BCUT2D eigenvalue weighted by Gasteiger charge is -2.33. The summed E-state index contributed by atoms with van der Waals surface area (Å²) in [7, 11) is 1.67. The molecule has 1 saturated heterocycles. The third kappa shape index (κ3) is 4.95. The van der Waals surface area contributed by atoms with Gasteiger partial charge in [0, 0.05) is 29.6 Å². The third-order valence-electron chi connectivity index (χ3n) is 6.51. The smallest absolute Gasteiger partial charge is 0.248 e. The van der Waals surface area contributed by atoms with E-state index in [9.17, 15) is 4.79 Å². The number of carbonyl (C=O) groups excluding carboxylic acids is 1. The van der Waals surface area contributed by atoms with E-state index in [1.807, 2.05) is 48.5 Å². The zero-order valence-corrected chi connectivity index (χ0v) is 19.7. The molecule has 2 heterocycles. The fourth-order valence-electron chi connectivity index (χ4n) is 4.54. The summed E-state index contributed by atoms with van der Waals surface area (Å²) in [5, 5.41) is 1.02. The fourth-order valence-corrected chi connectivity index (χ4v) is 4.54. The monoisotopic (exact) mass is 468 g/mol. The van der Waals surface area contributed by atoms with E-state index >= 15 is 0 Å². The molecular formula is C28H28N4O3. The lowest BCUT2D eigenvalue weighted by Crippen LogP contribution is -2.37. The Morgan fingerprint density at radius 1 is 1.00 bits per heavy atom. The number of nitrogens with two attached hydrogens (primary N) is 1. The number of hydrogen-bond donors (Lipinski definition) is 1. The van der Waals surface area contributed by atoms with Gasteiger partial charge in [0.05, 0.1) is 25.3 Å². The van der Waals surface area contributed by atoms with Crippen molar-refractivity contribution in [3.8, 4) is 16.9 Å². The molecule has 7 heteroatoms. The fraction of sp³-hybridized carbons (Fsp3) is 0.250. The second-order valence-corrected chi connectivity index (χ2v) is 8.69. The lowest BCUT2D eigenvalue weighted by molar-refractivity contribution is 0.0251. The van der Waals surface area contributed by atoms with Crippen molar-refractivity contribution in [1.82, 2.24) is 9.97 Å². The van der Waals surface area contributed by atoms with Crippen LogP contribution in [0.5, 0.6) is 5.75 Å². The first-order valence-corrected chi connectivity index (χ1v) is 11.8. The molecule has 0 bridgehead atoms. The molecule has 0 atom stereocenters. The summed E-state index contributed by atoms with van der Waals surface area (Å²) in [6.45, 7) is 2.34. The van der Waals surface area contributed by atoms with E-state index in [-0.39, 0.29) is 6.10 Å². The van der Waals surface area contributed by atoms with Crippen molar-refractivity contribution in [2.45, 2.75) is 25.6 Å². The number of methoxy groups -OCH3 is 1. The highest BCUT2D eigenvalue weighted by Gasteiger charge is 2.23. The quantitative estimate of drug-likeness (QED) is 0.427. The van der Waals surface area contributed by atoms with E-state index < -0.39 is 5.91 Å². The van der Waals surface area contributed by atoms with Crippen LogP contribution in [0.15, 0.2) is 73.1 Å². The maximum absolute atomic E-state index is 11.4. The van der Waals surface area contributed by atoms with Crippen LogP contribution in [0.4, 0.5) is 5.82 Å². The van der Waals surface area contributed by atoms with Crippen LogP contribution in [0.25, 0.3) is 22.0 Å². The molecule has 7 nitrogen and oxygen atoms in total. The van der Waals surface area contributed by atoms with Crippen molar-refractivity contribution in [3.63, 3.8) is 0 Å². The Hall–Kier alpha value is -3.97. The van der Waals surface area contributed by atoms with Crippen LogP contribution in [0, 0.1) is 0 Å². The number of rotatable bonds is 7. The Morgan fingerprint density at radius 3 is 2.43 bits per heavy atom. The van der Waals surface area contributed by atoms with Gasteiger partial charge in [-0.3, -0.25) is 4.79 Å². The minimum absolute atomic E-state index is 0.223. The molecule has 0 spiro atoms. The number of hydrogen-bond acceptors (Lipinski definition) is 6. The molecular weight excluding hydrogens is 440 g/mol. The predicted octanol–water partition coefficient (Wildman–Crippen LogP) is 4.59. The van der Waals surface area contributed by atoms with Gasteiger partial charge < -0.3 is 20.1 Å². The van der Waals surface area contributed by atoms with Gasteiger partial charge in [-0.25, -0.2) is 9.97 Å². The van der Waals surface area contributed by atoms with Gasteiger partial charge in [-0.05, 0) is 54.3 Å². The SMILES string of the molecule is COc1ccc(COC2CCN(c3ncnc4c(-c5ccc(C(N)=O)cc5)cccc34)CC2)cc1. The van der Waals surface area contributed by atoms with Crippen molar-refractivity contribution >= 4 is 22.6 Å². The highest BCUT2D eigenvalue weighted by Crippen LogP contribution is 2.32. The van der Waals surface area contributed by atoms with Gasteiger partial charge in [0.25, 0.3) is 0 Å². The van der Waals surface area contributed by atoms with Crippen LogP contribution >= 0.6 is 0 Å². The van der Waals surface area contributed by atoms with Crippen molar-refractivity contribution in [3.05, 3.63) is 84.2 Å². The standard InChI is InChI=1S/C28H28N4O3/c1-34-22-11-5-19(6-12-22)17-35-23-13-15-32(16-14-23)28-25-4-2-3-24(26(25)30-18-31-28)20-7-9-21(10-8-20)27(29)33/h2-12,18,23H,13-17H2,1H3,(H2,29,33). The van der Waals surface area contributed by atoms with Crippen LogP contribution in [-0.2, 0) is 11.3 Å². The number of ether oxygens (including phenoxy) is 2. The van der Waals surface area contributed by atoms with Crippen LogP contribution in [0.1, 0.15) is 28.8 Å². The second kappa shape index (κ2) is 10.1. The predicted molar refractivity (Wildman–Crippen MR) is 137 cm³/mol. The molecule has 4 aromatic rings. The zero-order chi connectivity index (χ0) is 24.2. The first-order valence-electron chi connectivity index (χ1n) is 11.8. The third-order valence-corrected chi connectivity index (χ3v) is 6.51. The molecule has 5 rings (SSSR count). The maximum atomic E-state index is 11.4. The highest BCUT2D eigenvalue weighted by molar-refractivity contribution is 6.00. The van der Waals surface area contributed by atoms with Crippen LogP contribution in [0.3, 0.4) is 0 Å². The molecule has 0 aliphatic carbocycles. The van der Waals surface area contributed by atoms with Gasteiger partial charge in [0.15, 0.2) is 0 Å². The molecule has 178 valence electrons. The summed E-state index contributed by atoms with van der Waals surface area (Å²) in [4.78, 5) is 23.0. The van der Waals surface area contributed by atoms with Gasteiger partial charge in [-0.1, -0.05) is 36.4 Å². The summed E-state index contributed by atoms with van der Waals surface area (Å²) in [5.41, 5.74) is 9.89. The number of aromatic nitrogens is 2. The average Bonchev–Trinajstić information content (AvgIpc) is 2.92. The summed E-state index contributed by atoms with van der Waals surface area (Å²) in [6, 6.07) is 21.4. The number of para-hydroxylation sites is 1. The number of primary amides is 1. The van der Waals surface area contributed by atoms with Gasteiger partial charge in [0.1, 0.15) is 17.9 Å². The Morgan fingerprint density at radius 2 is 1.74 bits per heavy atom. The number of carbonyl (C=O) groups is 1. The average molecular weight is 469 g/mol. The normalized spacial score (nSPS) is 14.3. The van der Waals surface area contributed by atoms with E-state index in [4.69, 9.17) is 15.2 Å². The zero-order valence-electron chi connectivity index (χ0n) is 19.7. The van der Waals surface area contributed by atoms with Crippen molar-refractivity contribution in [2.24, 2.45) is 5.73 Å². The molecule has 0 unspecified atom stereocenters. The first kappa shape index (κ1) is 22.8. The Labute approximate surface area is 204 Å². The van der Waals surface area contributed by atoms with E-state index in [0.717, 1.165) is 65.1 Å². The minimum Gasteiger partial charge on any atom is -0.497 e. The topological polar surface area (TPSA) is 90.6 Å². The Kier molecular flexibility index (Phi) is 6.59. The van der Waals surface area contributed by atoms with Crippen molar-refractivity contribution < 1.29 is 14.3 Å².